The van der Waals surface area contributed by atoms with Crippen LogP contribution in [0.1, 0.15) is 10.4 Å². The summed E-state index contributed by atoms with van der Waals surface area (Å²) in [6.45, 7) is 0. The maximum Gasteiger partial charge on any atom is 0.298 e. The lowest BCUT2D eigenvalue weighted by molar-refractivity contribution is 0.112. The average Bonchev–Trinajstić information content (AvgIpc) is 2.27. The predicted molar refractivity (Wildman–Crippen MR) is 60.8 cm³/mol. The Labute approximate surface area is 97.1 Å². The van der Waals surface area contributed by atoms with Gasteiger partial charge in [-0.1, -0.05) is 24.3 Å². The van der Waals surface area contributed by atoms with Gasteiger partial charge < -0.3 is 5.11 Å². The van der Waals surface area contributed by atoms with Gasteiger partial charge in [0.1, 0.15) is 10.6 Å². The van der Waals surface area contributed by atoms with Gasteiger partial charge in [-0.2, -0.15) is 8.42 Å². The molecule has 0 bridgehead atoms. The largest absolute Gasteiger partial charge is 0.506 e. The van der Waals surface area contributed by atoms with Gasteiger partial charge in [0, 0.05) is 0 Å². The molecule has 0 heterocycles. The van der Waals surface area contributed by atoms with Gasteiger partial charge in [-0.3, -0.25) is 9.35 Å². The van der Waals surface area contributed by atoms with E-state index in [1.807, 2.05) is 0 Å². The van der Waals surface area contributed by atoms with Crippen molar-refractivity contribution in [1.29, 1.82) is 0 Å². The average molecular weight is 252 g/mol. The molecule has 0 saturated heterocycles. The summed E-state index contributed by atoms with van der Waals surface area (Å²) in [5.74, 6) is -0.735. The monoisotopic (exact) mass is 252 g/mol. The van der Waals surface area contributed by atoms with Gasteiger partial charge in [-0.25, -0.2) is 0 Å². The lowest BCUT2D eigenvalue weighted by Gasteiger charge is -2.07. The number of aromatic hydroxyl groups is 1. The Bertz CT molecular complexity index is 703. The SMILES string of the molecule is O=Cc1c(O)c(S(=O)(=O)O)cc2ccccc12. The van der Waals surface area contributed by atoms with Crippen LogP contribution < -0.4 is 0 Å². The highest BCUT2D eigenvalue weighted by Gasteiger charge is 2.20. The highest BCUT2D eigenvalue weighted by Crippen LogP contribution is 2.32. The van der Waals surface area contributed by atoms with E-state index in [1.165, 1.54) is 0 Å². The molecule has 0 aromatic heterocycles. The summed E-state index contributed by atoms with van der Waals surface area (Å²) in [4.78, 5) is 10.2. The van der Waals surface area contributed by atoms with E-state index >= 15 is 0 Å². The van der Waals surface area contributed by atoms with Crippen LogP contribution in [0.25, 0.3) is 10.8 Å². The van der Waals surface area contributed by atoms with Gasteiger partial charge >= 0.3 is 0 Å². The molecule has 2 rings (SSSR count). The number of aldehydes is 1. The first kappa shape index (κ1) is 11.6. The van der Waals surface area contributed by atoms with Crippen molar-refractivity contribution in [3.05, 3.63) is 35.9 Å². The fraction of sp³-hybridized carbons (Fsp3) is 0. The Morgan fingerprint density at radius 3 is 2.41 bits per heavy atom. The molecular formula is C11H8O5S. The van der Waals surface area contributed by atoms with Gasteiger partial charge in [0.25, 0.3) is 10.1 Å². The Morgan fingerprint density at radius 2 is 1.82 bits per heavy atom. The highest BCUT2D eigenvalue weighted by atomic mass is 32.2. The number of phenols is 1. The number of rotatable bonds is 2. The van der Waals surface area contributed by atoms with Gasteiger partial charge in [0.2, 0.25) is 0 Å². The number of phenolic OH excluding ortho intramolecular Hbond substituents is 1. The summed E-state index contributed by atoms with van der Waals surface area (Å²) in [6.07, 6.45) is 0.354. The molecule has 0 atom stereocenters. The van der Waals surface area contributed by atoms with Gasteiger partial charge in [-0.05, 0) is 16.8 Å². The first-order chi connectivity index (χ1) is 7.95. The van der Waals surface area contributed by atoms with Crippen LogP contribution in [0.3, 0.4) is 0 Å². The molecule has 0 aliphatic heterocycles. The normalized spacial score (nSPS) is 11.6. The van der Waals surface area contributed by atoms with Crippen molar-refractivity contribution in [2.75, 3.05) is 0 Å². The third kappa shape index (κ3) is 1.88. The molecule has 0 radical (unpaired) electrons. The number of hydrogen-bond donors (Lipinski definition) is 2. The topological polar surface area (TPSA) is 91.7 Å². The van der Waals surface area contributed by atoms with E-state index in [2.05, 4.69) is 0 Å². The molecule has 17 heavy (non-hydrogen) atoms. The van der Waals surface area contributed by atoms with E-state index in [0.717, 1.165) is 6.07 Å². The zero-order chi connectivity index (χ0) is 12.6. The minimum absolute atomic E-state index is 0.157. The zero-order valence-corrected chi connectivity index (χ0v) is 9.31. The number of hydrogen-bond acceptors (Lipinski definition) is 4. The Balaban J connectivity index is 3.00. The van der Waals surface area contributed by atoms with E-state index < -0.39 is 20.8 Å². The third-order valence-electron chi connectivity index (χ3n) is 2.42. The third-order valence-corrected chi connectivity index (χ3v) is 3.29. The fourth-order valence-corrected chi connectivity index (χ4v) is 2.28. The summed E-state index contributed by atoms with van der Waals surface area (Å²) in [5.41, 5.74) is -0.157. The summed E-state index contributed by atoms with van der Waals surface area (Å²) in [5, 5.41) is 10.5. The first-order valence-corrected chi connectivity index (χ1v) is 6.06. The van der Waals surface area contributed by atoms with E-state index in [1.54, 1.807) is 24.3 Å². The van der Waals surface area contributed by atoms with E-state index in [9.17, 15) is 18.3 Å². The maximum atomic E-state index is 11.0. The van der Waals surface area contributed by atoms with Crippen LogP contribution in [0.5, 0.6) is 5.75 Å². The molecule has 0 saturated carbocycles. The molecule has 6 heteroatoms. The lowest BCUT2D eigenvalue weighted by Crippen LogP contribution is -2.01. The minimum Gasteiger partial charge on any atom is -0.506 e. The standard InChI is InChI=1S/C11H8O5S/c12-6-9-8-4-2-1-3-7(8)5-10(11(9)13)17(14,15)16/h1-6,13H,(H,14,15,16). The second-order valence-electron chi connectivity index (χ2n) is 3.45. The molecule has 88 valence electrons. The van der Waals surface area contributed by atoms with Crippen LogP contribution in [0.2, 0.25) is 0 Å². The van der Waals surface area contributed by atoms with Crippen LogP contribution >= 0.6 is 0 Å². The van der Waals surface area contributed by atoms with Crippen molar-refractivity contribution in [3.8, 4) is 5.75 Å². The van der Waals surface area contributed by atoms with Crippen LogP contribution in [0, 0.1) is 0 Å². The summed E-state index contributed by atoms with van der Waals surface area (Å²) < 4.78 is 31.0. The van der Waals surface area contributed by atoms with Crippen molar-refractivity contribution in [2.45, 2.75) is 4.90 Å². The predicted octanol–water partition coefficient (Wildman–Crippen LogP) is 1.60. The van der Waals surface area contributed by atoms with E-state index in [0.29, 0.717) is 17.1 Å². The maximum absolute atomic E-state index is 11.0. The summed E-state index contributed by atoms with van der Waals surface area (Å²) >= 11 is 0. The molecular weight excluding hydrogens is 244 g/mol. The smallest absolute Gasteiger partial charge is 0.298 e. The van der Waals surface area contributed by atoms with Gasteiger partial charge in [0.05, 0.1) is 5.56 Å². The van der Waals surface area contributed by atoms with Crippen molar-refractivity contribution in [1.82, 2.24) is 0 Å². The van der Waals surface area contributed by atoms with Crippen LogP contribution in [0.4, 0.5) is 0 Å². The molecule has 0 amide bonds. The van der Waals surface area contributed by atoms with Crippen LogP contribution in [0.15, 0.2) is 35.2 Å². The first-order valence-electron chi connectivity index (χ1n) is 4.62. The second kappa shape index (κ2) is 3.83. The van der Waals surface area contributed by atoms with Crippen molar-refractivity contribution in [3.63, 3.8) is 0 Å². The lowest BCUT2D eigenvalue weighted by atomic mass is 10.0. The molecule has 0 unspecified atom stereocenters. The van der Waals surface area contributed by atoms with Crippen molar-refractivity contribution in [2.24, 2.45) is 0 Å². The summed E-state index contributed by atoms with van der Waals surface area (Å²) in [6, 6.07) is 7.58. The molecule has 2 N–H and O–H groups in total. The second-order valence-corrected chi connectivity index (χ2v) is 4.84. The van der Waals surface area contributed by atoms with Crippen molar-refractivity contribution >= 4 is 27.2 Å². The quantitative estimate of drug-likeness (QED) is 0.625. The molecule has 2 aromatic rings. The molecule has 5 nitrogen and oxygen atoms in total. The number of fused-ring (bicyclic) bond motifs is 1. The number of benzene rings is 2. The van der Waals surface area contributed by atoms with Crippen LogP contribution in [-0.2, 0) is 10.1 Å². The highest BCUT2D eigenvalue weighted by molar-refractivity contribution is 7.86. The Morgan fingerprint density at radius 1 is 1.18 bits per heavy atom. The zero-order valence-electron chi connectivity index (χ0n) is 8.49. The Hall–Kier alpha value is -1.92. The Kier molecular flexibility index (Phi) is 2.60. The minimum atomic E-state index is -4.57. The van der Waals surface area contributed by atoms with Gasteiger partial charge in [0.15, 0.2) is 6.29 Å². The molecule has 0 aliphatic rings. The number of carbonyl (C=O) groups is 1. The number of carbonyl (C=O) groups excluding carboxylic acids is 1. The molecule has 0 spiro atoms. The van der Waals surface area contributed by atoms with Gasteiger partial charge in [-0.15, -0.1) is 0 Å². The molecule has 0 aliphatic carbocycles. The summed E-state index contributed by atoms with van der Waals surface area (Å²) in [7, 11) is -4.57. The molecule has 2 aromatic carbocycles. The van der Waals surface area contributed by atoms with Crippen LogP contribution in [-0.4, -0.2) is 24.4 Å². The molecule has 0 fully saturated rings. The van der Waals surface area contributed by atoms with E-state index in [4.69, 9.17) is 4.55 Å². The fourth-order valence-electron chi connectivity index (χ4n) is 1.65. The van der Waals surface area contributed by atoms with E-state index in [-0.39, 0.29) is 5.56 Å². The van der Waals surface area contributed by atoms with Crippen molar-refractivity contribution < 1.29 is 22.9 Å².